The second-order valence-corrected chi connectivity index (χ2v) is 2.20. The van der Waals surface area contributed by atoms with Gasteiger partial charge in [0.15, 0.2) is 0 Å². The number of nitrogens with zero attached hydrogens (tertiary/aromatic N) is 2. The Morgan fingerprint density at radius 3 is 3.36 bits per heavy atom. The van der Waals surface area contributed by atoms with Crippen molar-refractivity contribution in [3.8, 4) is 0 Å². The van der Waals surface area contributed by atoms with Crippen LogP contribution in [-0.4, -0.2) is 10.9 Å². The number of pyridine rings is 1. The standard InChI is InChI=1S/C9H6N2/c1-2-8-3-6-10-7-4-9(8)11-5-1/h1-6H. The maximum Gasteiger partial charge on any atom is 0.0795 e. The van der Waals surface area contributed by atoms with E-state index in [0.29, 0.717) is 0 Å². The average molecular weight is 142 g/mol. The van der Waals surface area contributed by atoms with E-state index in [2.05, 4.69) is 15.8 Å². The molecule has 2 heterocycles. The highest BCUT2D eigenvalue weighted by Gasteiger charge is 1.95. The summed E-state index contributed by atoms with van der Waals surface area (Å²) in [5.74, 6) is 2.75. The summed E-state index contributed by atoms with van der Waals surface area (Å²) in [5.41, 5.74) is 2.01. The van der Waals surface area contributed by atoms with Gasteiger partial charge >= 0.3 is 0 Å². The van der Waals surface area contributed by atoms with Crippen molar-refractivity contribution in [2.75, 3.05) is 0 Å². The molecule has 2 nitrogen and oxygen atoms in total. The topological polar surface area (TPSA) is 25.2 Å². The first kappa shape index (κ1) is 6.08. The van der Waals surface area contributed by atoms with Crippen molar-refractivity contribution < 1.29 is 0 Å². The van der Waals surface area contributed by atoms with Crippen LogP contribution in [0.5, 0.6) is 0 Å². The second kappa shape index (κ2) is 2.52. The highest BCUT2D eigenvalue weighted by atomic mass is 14.7. The number of hydrogen-bond acceptors (Lipinski definition) is 2. The van der Waals surface area contributed by atoms with E-state index in [0.717, 1.165) is 11.3 Å². The van der Waals surface area contributed by atoms with Gasteiger partial charge in [0, 0.05) is 24.0 Å². The third-order valence-corrected chi connectivity index (χ3v) is 1.48. The quantitative estimate of drug-likeness (QED) is 0.541. The summed E-state index contributed by atoms with van der Waals surface area (Å²) >= 11 is 0. The number of aromatic nitrogens is 1. The Morgan fingerprint density at radius 2 is 2.36 bits per heavy atom. The zero-order chi connectivity index (χ0) is 7.52. The molecule has 0 bridgehead atoms. The molecule has 0 N–H and O–H groups in total. The highest BCUT2D eigenvalue weighted by molar-refractivity contribution is 5.82. The van der Waals surface area contributed by atoms with Crippen LogP contribution in [0.15, 0.2) is 29.5 Å². The zero-order valence-electron chi connectivity index (χ0n) is 5.86. The minimum absolute atomic E-state index is 0.921. The van der Waals surface area contributed by atoms with E-state index >= 15 is 0 Å². The van der Waals surface area contributed by atoms with Crippen LogP contribution in [0.25, 0.3) is 12.2 Å². The first-order valence-corrected chi connectivity index (χ1v) is 3.37. The van der Waals surface area contributed by atoms with Gasteiger partial charge in [-0.05, 0) is 18.0 Å². The summed E-state index contributed by atoms with van der Waals surface area (Å²) in [4.78, 5) is 8.01. The van der Waals surface area contributed by atoms with E-state index in [9.17, 15) is 0 Å². The molecule has 2 rings (SSSR count). The van der Waals surface area contributed by atoms with Crippen LogP contribution >= 0.6 is 0 Å². The largest absolute Gasteiger partial charge is 0.256 e. The molecule has 0 saturated carbocycles. The molecule has 1 aliphatic rings. The molecule has 0 aliphatic carbocycles. The van der Waals surface area contributed by atoms with Gasteiger partial charge in [-0.25, -0.2) is 4.99 Å². The van der Waals surface area contributed by atoms with E-state index in [-0.39, 0.29) is 0 Å². The minimum atomic E-state index is 0.921. The van der Waals surface area contributed by atoms with Gasteiger partial charge in [0.2, 0.25) is 0 Å². The van der Waals surface area contributed by atoms with E-state index < -0.39 is 0 Å². The van der Waals surface area contributed by atoms with Gasteiger partial charge in [-0.15, -0.1) is 0 Å². The Morgan fingerprint density at radius 1 is 1.36 bits per heavy atom. The molecule has 1 aromatic rings. The van der Waals surface area contributed by atoms with E-state index in [1.165, 1.54) is 0 Å². The van der Waals surface area contributed by atoms with Crippen LogP contribution in [0.2, 0.25) is 0 Å². The lowest BCUT2D eigenvalue weighted by atomic mass is 10.2. The summed E-state index contributed by atoms with van der Waals surface area (Å²) in [5, 5.41) is 0. The molecule has 1 aromatic heterocycles. The van der Waals surface area contributed by atoms with Crippen molar-refractivity contribution in [3.05, 3.63) is 35.8 Å². The van der Waals surface area contributed by atoms with Crippen LogP contribution in [0.3, 0.4) is 0 Å². The third-order valence-electron chi connectivity index (χ3n) is 1.48. The van der Waals surface area contributed by atoms with Crippen molar-refractivity contribution in [3.63, 3.8) is 0 Å². The molecule has 52 valence electrons. The smallest absolute Gasteiger partial charge is 0.0795 e. The van der Waals surface area contributed by atoms with Crippen molar-refractivity contribution in [1.29, 1.82) is 0 Å². The molecule has 0 spiro atoms. The van der Waals surface area contributed by atoms with E-state index in [1.807, 2.05) is 18.2 Å². The first-order valence-electron chi connectivity index (χ1n) is 3.37. The lowest BCUT2D eigenvalue weighted by Crippen LogP contribution is -1.83. The highest BCUT2D eigenvalue weighted by Crippen LogP contribution is 2.09. The van der Waals surface area contributed by atoms with Crippen LogP contribution < -0.4 is 0 Å². The first-order chi connectivity index (χ1) is 5.47. The van der Waals surface area contributed by atoms with Gasteiger partial charge in [-0.2, -0.15) is 0 Å². The molecule has 0 aromatic carbocycles. The van der Waals surface area contributed by atoms with Crippen LogP contribution in [0, 0.1) is 0 Å². The summed E-state index contributed by atoms with van der Waals surface area (Å²) in [6.07, 6.45) is 7.16. The normalized spacial score (nSPS) is 12.7. The fourth-order valence-corrected chi connectivity index (χ4v) is 0.951. The third kappa shape index (κ3) is 1.11. The molecule has 0 unspecified atom stereocenters. The number of hydrogen-bond donors (Lipinski definition) is 0. The molecular weight excluding hydrogens is 136 g/mol. The van der Waals surface area contributed by atoms with Crippen LogP contribution in [-0.2, 0) is 0 Å². The predicted molar refractivity (Wildman–Crippen MR) is 45.2 cm³/mol. The maximum absolute atomic E-state index is 4.15. The number of aliphatic imine (C=N–C) groups is 1. The predicted octanol–water partition coefficient (Wildman–Crippen LogP) is 1.75. The summed E-state index contributed by atoms with van der Waals surface area (Å²) < 4.78 is 0. The molecular formula is C9H6N2. The van der Waals surface area contributed by atoms with E-state index in [1.54, 1.807) is 18.5 Å². The van der Waals surface area contributed by atoms with Gasteiger partial charge in [0.05, 0.1) is 5.69 Å². The molecule has 11 heavy (non-hydrogen) atoms. The van der Waals surface area contributed by atoms with Crippen molar-refractivity contribution in [1.82, 2.24) is 4.98 Å². The molecule has 1 aliphatic heterocycles. The summed E-state index contributed by atoms with van der Waals surface area (Å²) in [6.45, 7) is 0. The van der Waals surface area contributed by atoms with Crippen LogP contribution in [0.4, 0.5) is 0 Å². The van der Waals surface area contributed by atoms with Gasteiger partial charge < -0.3 is 0 Å². The Hall–Kier alpha value is -1.66. The molecule has 0 fully saturated rings. The van der Waals surface area contributed by atoms with E-state index in [4.69, 9.17) is 0 Å². The van der Waals surface area contributed by atoms with Gasteiger partial charge in [0.1, 0.15) is 0 Å². The molecule has 0 atom stereocenters. The number of fused-ring (bicyclic) bond motifs is 1. The fraction of sp³-hybridized carbons (Fsp3) is 0. The number of rotatable bonds is 0. The van der Waals surface area contributed by atoms with Crippen molar-refractivity contribution in [2.45, 2.75) is 0 Å². The Balaban J connectivity index is 2.67. The Kier molecular flexibility index (Phi) is 1.39. The molecule has 0 radical (unpaired) electrons. The van der Waals surface area contributed by atoms with Gasteiger partial charge in [-0.3, -0.25) is 4.98 Å². The molecule has 0 saturated heterocycles. The lowest BCUT2D eigenvalue weighted by molar-refractivity contribution is 1.29. The molecule has 0 amide bonds. The van der Waals surface area contributed by atoms with Gasteiger partial charge in [-0.1, -0.05) is 6.07 Å². The lowest BCUT2D eigenvalue weighted by Gasteiger charge is -1.94. The SMILES string of the molecule is C1=Cc2ncccc2C=CN=1. The van der Waals surface area contributed by atoms with Crippen LogP contribution in [0.1, 0.15) is 11.3 Å². The van der Waals surface area contributed by atoms with Gasteiger partial charge in [0.25, 0.3) is 0 Å². The summed E-state index contributed by atoms with van der Waals surface area (Å²) in [7, 11) is 0. The monoisotopic (exact) mass is 142 g/mol. The molecule has 2 heteroatoms. The minimum Gasteiger partial charge on any atom is -0.256 e. The zero-order valence-corrected chi connectivity index (χ0v) is 5.86. The van der Waals surface area contributed by atoms with Crippen molar-refractivity contribution >= 4 is 18.0 Å². The maximum atomic E-state index is 4.15. The average Bonchev–Trinajstić information content (AvgIpc) is 2.28. The fourth-order valence-electron chi connectivity index (χ4n) is 0.951. The Bertz CT molecular complexity index is 358. The van der Waals surface area contributed by atoms with Crippen molar-refractivity contribution in [2.24, 2.45) is 4.99 Å². The summed E-state index contributed by atoms with van der Waals surface area (Å²) in [6, 6.07) is 3.90. The Labute approximate surface area is 64.6 Å². The second-order valence-electron chi connectivity index (χ2n) is 2.20.